The Morgan fingerprint density at radius 3 is 2.69 bits per heavy atom. The SMILES string of the molecule is COc1cccc(OCC(O)CN2CCC(Oc3ccc(F)cc3)C2)c1. The van der Waals surface area contributed by atoms with E-state index in [-0.39, 0.29) is 18.5 Å². The molecule has 2 aromatic rings. The molecular weight excluding hydrogens is 337 g/mol. The predicted octanol–water partition coefficient (Wildman–Crippen LogP) is 2.73. The molecule has 1 aliphatic heterocycles. The molecule has 0 aliphatic carbocycles. The van der Waals surface area contributed by atoms with E-state index in [1.807, 2.05) is 18.2 Å². The van der Waals surface area contributed by atoms with Gasteiger partial charge in [0.1, 0.15) is 41.9 Å². The van der Waals surface area contributed by atoms with Crippen LogP contribution >= 0.6 is 0 Å². The maximum Gasteiger partial charge on any atom is 0.123 e. The van der Waals surface area contributed by atoms with E-state index in [1.54, 1.807) is 25.3 Å². The summed E-state index contributed by atoms with van der Waals surface area (Å²) in [6.45, 7) is 2.32. The largest absolute Gasteiger partial charge is 0.497 e. The molecule has 1 N–H and O–H groups in total. The highest BCUT2D eigenvalue weighted by molar-refractivity contribution is 5.32. The van der Waals surface area contributed by atoms with Crippen molar-refractivity contribution >= 4 is 0 Å². The highest BCUT2D eigenvalue weighted by Gasteiger charge is 2.25. The second-order valence-corrected chi connectivity index (χ2v) is 6.39. The number of hydrogen-bond acceptors (Lipinski definition) is 5. The number of ether oxygens (including phenoxy) is 3. The zero-order valence-electron chi connectivity index (χ0n) is 14.8. The molecule has 0 amide bonds. The molecule has 6 heteroatoms. The van der Waals surface area contributed by atoms with E-state index < -0.39 is 6.10 Å². The van der Waals surface area contributed by atoms with E-state index >= 15 is 0 Å². The van der Waals surface area contributed by atoms with Gasteiger partial charge in [0, 0.05) is 25.7 Å². The summed E-state index contributed by atoms with van der Waals surface area (Å²) in [4.78, 5) is 2.15. The minimum atomic E-state index is -0.592. The second kappa shape index (κ2) is 8.87. The van der Waals surface area contributed by atoms with E-state index in [1.165, 1.54) is 12.1 Å². The van der Waals surface area contributed by atoms with Crippen molar-refractivity contribution in [2.24, 2.45) is 0 Å². The third-order valence-corrected chi connectivity index (χ3v) is 4.30. The maximum absolute atomic E-state index is 12.9. The summed E-state index contributed by atoms with van der Waals surface area (Å²) in [5, 5.41) is 10.2. The van der Waals surface area contributed by atoms with Crippen LogP contribution in [-0.4, -0.2) is 55.6 Å². The predicted molar refractivity (Wildman–Crippen MR) is 96.4 cm³/mol. The number of aliphatic hydroxyl groups excluding tert-OH is 1. The first kappa shape index (κ1) is 18.5. The molecule has 1 saturated heterocycles. The van der Waals surface area contributed by atoms with Gasteiger partial charge in [-0.2, -0.15) is 0 Å². The van der Waals surface area contributed by atoms with Gasteiger partial charge in [-0.05, 0) is 42.8 Å². The molecule has 1 aliphatic rings. The molecule has 0 radical (unpaired) electrons. The molecule has 2 atom stereocenters. The lowest BCUT2D eigenvalue weighted by molar-refractivity contribution is 0.0719. The molecule has 140 valence electrons. The van der Waals surface area contributed by atoms with Crippen LogP contribution in [0.25, 0.3) is 0 Å². The molecule has 2 unspecified atom stereocenters. The van der Waals surface area contributed by atoms with E-state index in [0.29, 0.717) is 18.0 Å². The molecule has 0 aromatic heterocycles. The fourth-order valence-electron chi connectivity index (χ4n) is 3.00. The Hall–Kier alpha value is -2.31. The smallest absolute Gasteiger partial charge is 0.123 e. The molecular formula is C20H24FNO4. The van der Waals surface area contributed by atoms with Gasteiger partial charge in [-0.25, -0.2) is 4.39 Å². The summed E-state index contributed by atoms with van der Waals surface area (Å²) in [5.74, 6) is 1.78. The van der Waals surface area contributed by atoms with Crippen molar-refractivity contribution in [1.82, 2.24) is 4.90 Å². The first-order valence-electron chi connectivity index (χ1n) is 8.72. The minimum Gasteiger partial charge on any atom is -0.497 e. The van der Waals surface area contributed by atoms with E-state index in [0.717, 1.165) is 25.3 Å². The normalized spacial score (nSPS) is 18.5. The highest BCUT2D eigenvalue weighted by atomic mass is 19.1. The molecule has 1 fully saturated rings. The van der Waals surface area contributed by atoms with Crippen LogP contribution in [0, 0.1) is 5.82 Å². The number of hydrogen-bond donors (Lipinski definition) is 1. The van der Waals surface area contributed by atoms with Crippen molar-refractivity contribution in [2.75, 3.05) is 33.4 Å². The second-order valence-electron chi connectivity index (χ2n) is 6.39. The van der Waals surface area contributed by atoms with Gasteiger partial charge in [0.05, 0.1) is 7.11 Å². The number of likely N-dealkylation sites (tertiary alicyclic amines) is 1. The summed E-state index contributed by atoms with van der Waals surface area (Å²) < 4.78 is 29.6. The number of β-amino-alcohol motifs (C(OH)–C–C–N with tert-alkyl or cyclic N) is 1. The van der Waals surface area contributed by atoms with Gasteiger partial charge < -0.3 is 19.3 Å². The van der Waals surface area contributed by atoms with Crippen molar-refractivity contribution in [3.63, 3.8) is 0 Å². The van der Waals surface area contributed by atoms with Crippen LogP contribution in [-0.2, 0) is 0 Å². The third kappa shape index (κ3) is 5.34. The molecule has 0 bridgehead atoms. The Balaban J connectivity index is 1.40. The van der Waals surface area contributed by atoms with Crippen LogP contribution < -0.4 is 14.2 Å². The summed E-state index contributed by atoms with van der Waals surface area (Å²) in [6.07, 6.45) is 0.332. The molecule has 0 saturated carbocycles. The molecule has 3 rings (SSSR count). The van der Waals surface area contributed by atoms with Crippen LogP contribution in [0.2, 0.25) is 0 Å². The summed E-state index contributed by atoms with van der Waals surface area (Å²) in [6, 6.07) is 13.4. The van der Waals surface area contributed by atoms with E-state index in [9.17, 15) is 9.50 Å². The molecule has 26 heavy (non-hydrogen) atoms. The van der Waals surface area contributed by atoms with Gasteiger partial charge in [0.15, 0.2) is 0 Å². The molecule has 0 spiro atoms. The van der Waals surface area contributed by atoms with Crippen LogP contribution in [0.4, 0.5) is 4.39 Å². The van der Waals surface area contributed by atoms with Crippen LogP contribution in [0.3, 0.4) is 0 Å². The van der Waals surface area contributed by atoms with E-state index in [2.05, 4.69) is 4.90 Å². The first-order valence-corrected chi connectivity index (χ1v) is 8.72. The number of halogens is 1. The molecule has 1 heterocycles. The summed E-state index contributed by atoms with van der Waals surface area (Å²) in [7, 11) is 1.60. The Morgan fingerprint density at radius 1 is 1.15 bits per heavy atom. The average Bonchev–Trinajstić information content (AvgIpc) is 3.09. The van der Waals surface area contributed by atoms with Crippen LogP contribution in [0.5, 0.6) is 17.2 Å². The van der Waals surface area contributed by atoms with Crippen molar-refractivity contribution in [3.8, 4) is 17.2 Å². The van der Waals surface area contributed by atoms with E-state index in [4.69, 9.17) is 14.2 Å². The topological polar surface area (TPSA) is 51.2 Å². The van der Waals surface area contributed by atoms with Crippen LogP contribution in [0.1, 0.15) is 6.42 Å². The molecule has 5 nitrogen and oxygen atoms in total. The quantitative estimate of drug-likeness (QED) is 0.784. The molecule has 2 aromatic carbocycles. The fraction of sp³-hybridized carbons (Fsp3) is 0.400. The van der Waals surface area contributed by atoms with Gasteiger partial charge >= 0.3 is 0 Å². The standard InChI is InChI=1S/C20H24FNO4/c1-24-18-3-2-4-19(11-18)25-14-16(23)12-22-10-9-20(13-22)26-17-7-5-15(21)6-8-17/h2-8,11,16,20,23H,9-10,12-14H2,1H3. The van der Waals surface area contributed by atoms with Gasteiger partial charge in [-0.15, -0.1) is 0 Å². The first-order chi connectivity index (χ1) is 12.6. The lowest BCUT2D eigenvalue weighted by atomic mass is 10.3. The van der Waals surface area contributed by atoms with Crippen molar-refractivity contribution in [1.29, 1.82) is 0 Å². The third-order valence-electron chi connectivity index (χ3n) is 4.30. The Morgan fingerprint density at radius 2 is 1.92 bits per heavy atom. The fourth-order valence-corrected chi connectivity index (χ4v) is 3.00. The zero-order chi connectivity index (χ0) is 18.4. The van der Waals surface area contributed by atoms with Crippen LogP contribution in [0.15, 0.2) is 48.5 Å². The number of nitrogens with zero attached hydrogens (tertiary/aromatic N) is 1. The highest BCUT2D eigenvalue weighted by Crippen LogP contribution is 2.20. The van der Waals surface area contributed by atoms with Gasteiger partial charge in [0.2, 0.25) is 0 Å². The number of benzene rings is 2. The van der Waals surface area contributed by atoms with Gasteiger partial charge in [-0.3, -0.25) is 4.90 Å². The Kier molecular flexibility index (Phi) is 6.30. The monoisotopic (exact) mass is 361 g/mol. The summed E-state index contributed by atoms with van der Waals surface area (Å²) >= 11 is 0. The zero-order valence-corrected chi connectivity index (χ0v) is 14.8. The van der Waals surface area contributed by atoms with Gasteiger partial charge in [-0.1, -0.05) is 6.07 Å². The van der Waals surface area contributed by atoms with Gasteiger partial charge in [0.25, 0.3) is 0 Å². The average molecular weight is 361 g/mol. The van der Waals surface area contributed by atoms with Crippen molar-refractivity contribution in [2.45, 2.75) is 18.6 Å². The Labute approximate surface area is 152 Å². The maximum atomic E-state index is 12.9. The minimum absolute atomic E-state index is 0.0481. The lowest BCUT2D eigenvalue weighted by Gasteiger charge is -2.20. The number of rotatable bonds is 8. The van der Waals surface area contributed by atoms with Crippen molar-refractivity contribution < 1.29 is 23.7 Å². The Bertz CT molecular complexity index is 694. The number of methoxy groups -OCH3 is 1. The number of aliphatic hydroxyl groups is 1. The lowest BCUT2D eigenvalue weighted by Crippen LogP contribution is -2.35. The summed E-state index contributed by atoms with van der Waals surface area (Å²) in [5.41, 5.74) is 0. The van der Waals surface area contributed by atoms with Crippen molar-refractivity contribution in [3.05, 3.63) is 54.3 Å².